The Morgan fingerprint density at radius 1 is 1.00 bits per heavy atom. The van der Waals surface area contributed by atoms with Gasteiger partial charge in [-0.3, -0.25) is 0 Å². The van der Waals surface area contributed by atoms with Gasteiger partial charge in [0.05, 0.1) is 18.2 Å². The summed E-state index contributed by atoms with van der Waals surface area (Å²) in [5.74, 6) is -0.301. The standard InChI is InChI=1S/C21H16F4N4O2S/c1-30-17-8-12(6-7-26-19-18-20(28-10-27-19)32-11-29-18)2-4-16(17)31-15-5-3-13(9-14(15)22)21(23,24)25/h2-5,8-11H,6-7H2,1H3,(H,26,27,28). The van der Waals surface area contributed by atoms with E-state index in [2.05, 4.69) is 20.3 Å². The highest BCUT2D eigenvalue weighted by atomic mass is 32.1. The summed E-state index contributed by atoms with van der Waals surface area (Å²) in [6.45, 7) is 0.556. The predicted octanol–water partition coefficient (Wildman–Crippen LogP) is 5.70. The molecule has 0 fully saturated rings. The Labute approximate surface area is 183 Å². The van der Waals surface area contributed by atoms with Crippen LogP contribution < -0.4 is 14.8 Å². The summed E-state index contributed by atoms with van der Waals surface area (Å²) in [5.41, 5.74) is 2.22. The number of methoxy groups -OCH3 is 1. The van der Waals surface area contributed by atoms with Crippen molar-refractivity contribution < 1.29 is 27.0 Å². The molecule has 4 rings (SSSR count). The molecule has 0 unspecified atom stereocenters. The van der Waals surface area contributed by atoms with Crippen molar-refractivity contribution in [2.45, 2.75) is 12.6 Å². The van der Waals surface area contributed by atoms with E-state index in [0.717, 1.165) is 22.5 Å². The second-order valence-electron chi connectivity index (χ2n) is 6.64. The number of nitrogens with one attached hydrogen (secondary N) is 1. The number of hydrogen-bond donors (Lipinski definition) is 1. The summed E-state index contributed by atoms with van der Waals surface area (Å²) in [7, 11) is 1.42. The van der Waals surface area contributed by atoms with E-state index in [1.165, 1.54) is 24.8 Å². The van der Waals surface area contributed by atoms with Crippen LogP contribution in [-0.4, -0.2) is 28.6 Å². The fourth-order valence-corrected chi connectivity index (χ4v) is 3.61. The van der Waals surface area contributed by atoms with Crippen LogP contribution in [0.3, 0.4) is 0 Å². The second kappa shape index (κ2) is 8.95. The monoisotopic (exact) mass is 464 g/mol. The number of aromatic nitrogens is 3. The van der Waals surface area contributed by atoms with Crippen molar-refractivity contribution in [3.63, 3.8) is 0 Å². The van der Waals surface area contributed by atoms with Crippen LogP contribution in [0.25, 0.3) is 10.3 Å². The van der Waals surface area contributed by atoms with Gasteiger partial charge >= 0.3 is 6.18 Å². The van der Waals surface area contributed by atoms with Gasteiger partial charge in [0.25, 0.3) is 0 Å². The van der Waals surface area contributed by atoms with E-state index in [4.69, 9.17) is 9.47 Å². The number of thiazole rings is 1. The van der Waals surface area contributed by atoms with E-state index < -0.39 is 17.6 Å². The van der Waals surface area contributed by atoms with Gasteiger partial charge in [0.1, 0.15) is 16.7 Å². The molecule has 0 bridgehead atoms. The summed E-state index contributed by atoms with van der Waals surface area (Å²) in [6, 6.07) is 7.16. The second-order valence-corrected chi connectivity index (χ2v) is 7.47. The van der Waals surface area contributed by atoms with E-state index >= 15 is 0 Å². The molecule has 32 heavy (non-hydrogen) atoms. The van der Waals surface area contributed by atoms with Gasteiger partial charge in [0.2, 0.25) is 0 Å². The molecule has 2 aromatic heterocycles. The average molecular weight is 464 g/mol. The first-order valence-electron chi connectivity index (χ1n) is 9.34. The van der Waals surface area contributed by atoms with Crippen molar-refractivity contribution in [1.82, 2.24) is 15.0 Å². The summed E-state index contributed by atoms with van der Waals surface area (Å²) >= 11 is 1.43. The maximum Gasteiger partial charge on any atom is 0.416 e. The van der Waals surface area contributed by atoms with Crippen LogP contribution >= 0.6 is 11.3 Å². The van der Waals surface area contributed by atoms with Gasteiger partial charge in [-0.25, -0.2) is 19.3 Å². The molecule has 0 aliphatic carbocycles. The molecule has 0 amide bonds. The third-order valence-electron chi connectivity index (χ3n) is 4.55. The number of ether oxygens (including phenoxy) is 2. The highest BCUT2D eigenvalue weighted by Crippen LogP contribution is 2.36. The van der Waals surface area contributed by atoms with Crippen LogP contribution in [0.5, 0.6) is 17.2 Å². The number of anilines is 1. The Bertz CT molecular complexity index is 1250. The zero-order valence-electron chi connectivity index (χ0n) is 16.6. The SMILES string of the molecule is COc1cc(CCNc2ncnc3scnc23)ccc1Oc1ccc(C(F)(F)F)cc1F. The number of benzene rings is 2. The van der Waals surface area contributed by atoms with Crippen molar-refractivity contribution in [3.05, 3.63) is 65.2 Å². The van der Waals surface area contributed by atoms with Gasteiger partial charge in [-0.1, -0.05) is 6.07 Å². The number of halogens is 4. The number of nitrogens with zero attached hydrogens (tertiary/aromatic N) is 3. The van der Waals surface area contributed by atoms with E-state index in [1.54, 1.807) is 23.7 Å². The Hall–Kier alpha value is -3.47. The largest absolute Gasteiger partial charge is 0.493 e. The maximum atomic E-state index is 14.1. The quantitative estimate of drug-likeness (QED) is 0.354. The summed E-state index contributed by atoms with van der Waals surface area (Å²) < 4.78 is 63.0. The molecule has 0 saturated heterocycles. The van der Waals surface area contributed by atoms with Crippen molar-refractivity contribution in [3.8, 4) is 17.2 Å². The zero-order chi connectivity index (χ0) is 22.7. The van der Waals surface area contributed by atoms with Gasteiger partial charge in [0.15, 0.2) is 28.9 Å². The highest BCUT2D eigenvalue weighted by Gasteiger charge is 2.31. The molecule has 2 heterocycles. The van der Waals surface area contributed by atoms with E-state index in [0.29, 0.717) is 36.1 Å². The molecule has 4 aromatic rings. The molecule has 11 heteroatoms. The Kier molecular flexibility index (Phi) is 6.08. The van der Waals surface area contributed by atoms with E-state index in [-0.39, 0.29) is 11.5 Å². The topological polar surface area (TPSA) is 69.2 Å². The Morgan fingerprint density at radius 2 is 1.81 bits per heavy atom. The van der Waals surface area contributed by atoms with Crippen LogP contribution in [-0.2, 0) is 12.6 Å². The minimum atomic E-state index is -4.64. The third-order valence-corrected chi connectivity index (χ3v) is 5.28. The fourth-order valence-electron chi connectivity index (χ4n) is 2.98. The van der Waals surface area contributed by atoms with Crippen LogP contribution in [0.1, 0.15) is 11.1 Å². The van der Waals surface area contributed by atoms with Crippen molar-refractivity contribution in [2.75, 3.05) is 19.0 Å². The van der Waals surface area contributed by atoms with Crippen molar-refractivity contribution >= 4 is 27.5 Å². The first-order chi connectivity index (χ1) is 15.3. The minimum absolute atomic E-state index is 0.183. The Balaban J connectivity index is 1.44. The lowest BCUT2D eigenvalue weighted by Crippen LogP contribution is -2.07. The summed E-state index contributed by atoms with van der Waals surface area (Å²) in [4.78, 5) is 13.4. The van der Waals surface area contributed by atoms with Gasteiger partial charge in [-0.2, -0.15) is 13.2 Å². The van der Waals surface area contributed by atoms with Gasteiger partial charge < -0.3 is 14.8 Å². The molecule has 1 N–H and O–H groups in total. The molecule has 2 aromatic carbocycles. The lowest BCUT2D eigenvalue weighted by molar-refractivity contribution is -0.137. The third kappa shape index (κ3) is 4.72. The number of hydrogen-bond acceptors (Lipinski definition) is 7. The van der Waals surface area contributed by atoms with Crippen LogP contribution in [0, 0.1) is 5.82 Å². The lowest BCUT2D eigenvalue weighted by Gasteiger charge is -2.14. The minimum Gasteiger partial charge on any atom is -0.493 e. The fraction of sp³-hybridized carbons (Fsp3) is 0.190. The van der Waals surface area contributed by atoms with Crippen LogP contribution in [0.2, 0.25) is 0 Å². The summed E-state index contributed by atoms with van der Waals surface area (Å²) in [6.07, 6.45) is -2.55. The molecule has 0 spiro atoms. The predicted molar refractivity (Wildman–Crippen MR) is 112 cm³/mol. The van der Waals surface area contributed by atoms with Crippen LogP contribution in [0.4, 0.5) is 23.4 Å². The summed E-state index contributed by atoms with van der Waals surface area (Å²) in [5, 5.41) is 3.22. The normalized spacial score (nSPS) is 11.5. The van der Waals surface area contributed by atoms with E-state index in [1.807, 2.05) is 0 Å². The molecule has 0 saturated carbocycles. The molecule has 0 aliphatic rings. The van der Waals surface area contributed by atoms with Gasteiger partial charge in [0, 0.05) is 6.54 Å². The molecular formula is C21H16F4N4O2S. The van der Waals surface area contributed by atoms with E-state index in [9.17, 15) is 17.6 Å². The van der Waals surface area contributed by atoms with Gasteiger partial charge in [-0.05, 0) is 42.3 Å². The molecule has 0 atom stereocenters. The Morgan fingerprint density at radius 3 is 2.56 bits per heavy atom. The van der Waals surface area contributed by atoms with Crippen molar-refractivity contribution in [1.29, 1.82) is 0 Å². The number of alkyl halides is 3. The maximum absolute atomic E-state index is 14.1. The molecule has 166 valence electrons. The highest BCUT2D eigenvalue weighted by molar-refractivity contribution is 7.16. The van der Waals surface area contributed by atoms with Gasteiger partial charge in [-0.15, -0.1) is 11.3 Å². The molecular weight excluding hydrogens is 448 g/mol. The lowest BCUT2D eigenvalue weighted by atomic mass is 10.1. The van der Waals surface area contributed by atoms with Crippen LogP contribution in [0.15, 0.2) is 48.2 Å². The smallest absolute Gasteiger partial charge is 0.416 e. The number of fused-ring (bicyclic) bond motifs is 1. The molecule has 0 radical (unpaired) electrons. The first kappa shape index (κ1) is 21.8. The molecule has 6 nitrogen and oxygen atoms in total. The zero-order valence-corrected chi connectivity index (χ0v) is 17.4. The van der Waals surface area contributed by atoms with Crippen molar-refractivity contribution in [2.24, 2.45) is 0 Å². The average Bonchev–Trinajstić information content (AvgIpc) is 3.25. The molecule has 0 aliphatic heterocycles. The number of rotatable bonds is 7. The first-order valence-corrected chi connectivity index (χ1v) is 10.2.